The Kier molecular flexibility index (Phi) is 5.75. The molecule has 1 unspecified atom stereocenters. The Hall–Kier alpha value is -3.41. The van der Waals surface area contributed by atoms with Gasteiger partial charge in [0.25, 0.3) is 0 Å². The minimum absolute atomic E-state index is 0.0392. The Balaban J connectivity index is 1.58. The maximum absolute atomic E-state index is 13.6. The first-order valence-electron chi connectivity index (χ1n) is 11.5. The van der Waals surface area contributed by atoms with Gasteiger partial charge in [-0.25, -0.2) is 0 Å². The van der Waals surface area contributed by atoms with Crippen molar-refractivity contribution in [1.82, 2.24) is 0 Å². The van der Waals surface area contributed by atoms with Gasteiger partial charge in [-0.15, -0.1) is 0 Å². The van der Waals surface area contributed by atoms with Gasteiger partial charge in [-0.2, -0.15) is 0 Å². The van der Waals surface area contributed by atoms with Gasteiger partial charge < -0.3 is 14.2 Å². The van der Waals surface area contributed by atoms with Gasteiger partial charge in [-0.1, -0.05) is 43.3 Å². The fraction of sp³-hybridized carbons (Fsp3) is 0.370. The Morgan fingerprint density at radius 2 is 1.85 bits per heavy atom. The number of ketones is 1. The van der Waals surface area contributed by atoms with Crippen LogP contribution in [0.1, 0.15) is 56.1 Å². The van der Waals surface area contributed by atoms with Crippen molar-refractivity contribution in [3.63, 3.8) is 0 Å². The van der Waals surface area contributed by atoms with E-state index in [1.807, 2.05) is 50.2 Å². The summed E-state index contributed by atoms with van der Waals surface area (Å²) in [7, 11) is 0. The number of carbonyl (C=O) groups excluding carboxylic acids is 2. The van der Waals surface area contributed by atoms with Crippen LogP contribution in [-0.2, 0) is 14.3 Å². The number of rotatable bonds is 5. The summed E-state index contributed by atoms with van der Waals surface area (Å²) in [4.78, 5) is 31.6. The number of carbonyl (C=O) groups is 2. The standard InChI is InChI=1S/C27H27NO5/c1-3-11-31-27(30)24-16(2)28-20-12-19(17-7-5-4-6-8-17)13-21(29)26(20)25(24)18-9-10-22-23(14-18)33-15-32-22/h4-10,14,19,24-25H,3,11-13,15H2,1-2H3/t19-,24?,25+/m1/s1. The monoisotopic (exact) mass is 445 g/mol. The fourth-order valence-corrected chi connectivity index (χ4v) is 5.08. The third-order valence-corrected chi connectivity index (χ3v) is 6.62. The Morgan fingerprint density at radius 1 is 1.06 bits per heavy atom. The summed E-state index contributed by atoms with van der Waals surface area (Å²) in [5.74, 6) is -0.0367. The first-order valence-corrected chi connectivity index (χ1v) is 11.5. The zero-order valence-electron chi connectivity index (χ0n) is 18.9. The molecule has 6 heteroatoms. The van der Waals surface area contributed by atoms with Crippen LogP contribution in [-0.4, -0.2) is 30.9 Å². The lowest BCUT2D eigenvalue weighted by molar-refractivity contribution is -0.146. The molecule has 3 aliphatic rings. The van der Waals surface area contributed by atoms with Crippen LogP contribution >= 0.6 is 0 Å². The normalized spacial score (nSPS) is 23.8. The molecule has 170 valence electrons. The van der Waals surface area contributed by atoms with Crippen molar-refractivity contribution >= 4 is 17.5 Å². The first kappa shape index (κ1) is 21.4. The molecule has 0 radical (unpaired) electrons. The second kappa shape index (κ2) is 8.85. The van der Waals surface area contributed by atoms with Gasteiger partial charge in [0, 0.05) is 29.3 Å². The zero-order valence-corrected chi connectivity index (χ0v) is 18.9. The van der Waals surface area contributed by atoms with Crippen molar-refractivity contribution < 1.29 is 23.8 Å². The molecular weight excluding hydrogens is 418 g/mol. The van der Waals surface area contributed by atoms with Crippen LogP contribution < -0.4 is 9.47 Å². The van der Waals surface area contributed by atoms with E-state index in [1.165, 1.54) is 0 Å². The molecule has 6 nitrogen and oxygen atoms in total. The molecule has 3 atom stereocenters. The maximum Gasteiger partial charge on any atom is 0.315 e. The number of esters is 1. The molecule has 33 heavy (non-hydrogen) atoms. The zero-order chi connectivity index (χ0) is 22.9. The molecule has 5 rings (SSSR count). The number of aliphatic imine (C=N–C) groups is 1. The number of nitrogens with zero attached hydrogens (tertiary/aromatic N) is 1. The van der Waals surface area contributed by atoms with Crippen molar-refractivity contribution in [3.8, 4) is 11.5 Å². The SMILES string of the molecule is CCCOC(=O)C1C(C)=NC2=C(C(=O)C[C@H](c3ccccc3)C2)[C@H]1c1ccc2c(c1)OCO2. The molecule has 2 heterocycles. The van der Waals surface area contributed by atoms with Crippen molar-refractivity contribution in [2.24, 2.45) is 10.9 Å². The summed E-state index contributed by atoms with van der Waals surface area (Å²) in [6, 6.07) is 15.7. The van der Waals surface area contributed by atoms with Crippen LogP contribution in [0.15, 0.2) is 64.8 Å². The van der Waals surface area contributed by atoms with Crippen LogP contribution in [0.25, 0.3) is 0 Å². The highest BCUT2D eigenvalue weighted by molar-refractivity contribution is 6.09. The Morgan fingerprint density at radius 3 is 2.64 bits per heavy atom. The van der Waals surface area contributed by atoms with E-state index in [0.29, 0.717) is 42.2 Å². The second-order valence-corrected chi connectivity index (χ2v) is 8.79. The molecule has 2 aromatic rings. The fourth-order valence-electron chi connectivity index (χ4n) is 5.08. The Bertz CT molecular complexity index is 1150. The Labute approximate surface area is 193 Å². The van der Waals surface area contributed by atoms with E-state index in [1.54, 1.807) is 0 Å². The van der Waals surface area contributed by atoms with Crippen molar-refractivity contribution in [2.75, 3.05) is 13.4 Å². The topological polar surface area (TPSA) is 74.2 Å². The minimum atomic E-state index is -0.645. The number of hydrogen-bond donors (Lipinski definition) is 0. The van der Waals surface area contributed by atoms with Crippen molar-refractivity contribution in [3.05, 3.63) is 70.9 Å². The van der Waals surface area contributed by atoms with E-state index in [4.69, 9.17) is 19.2 Å². The number of ether oxygens (including phenoxy) is 3. The van der Waals surface area contributed by atoms with Gasteiger partial charge in [-0.3, -0.25) is 14.6 Å². The van der Waals surface area contributed by atoms with Crippen LogP contribution in [0.5, 0.6) is 11.5 Å². The molecule has 1 aliphatic carbocycles. The molecular formula is C27H27NO5. The predicted octanol–water partition coefficient (Wildman–Crippen LogP) is 4.94. The molecule has 0 saturated heterocycles. The van der Waals surface area contributed by atoms with Crippen molar-refractivity contribution in [1.29, 1.82) is 0 Å². The van der Waals surface area contributed by atoms with E-state index in [-0.39, 0.29) is 24.5 Å². The van der Waals surface area contributed by atoms with E-state index >= 15 is 0 Å². The summed E-state index contributed by atoms with van der Waals surface area (Å²) < 4.78 is 16.6. The first-order chi connectivity index (χ1) is 16.1. The van der Waals surface area contributed by atoms with Crippen LogP contribution in [0.4, 0.5) is 0 Å². The number of benzene rings is 2. The summed E-state index contributed by atoms with van der Waals surface area (Å²) in [5, 5.41) is 0. The quantitative estimate of drug-likeness (QED) is 0.609. The van der Waals surface area contributed by atoms with E-state index < -0.39 is 11.8 Å². The molecule has 2 aromatic carbocycles. The second-order valence-electron chi connectivity index (χ2n) is 8.79. The molecule has 0 N–H and O–H groups in total. The average Bonchev–Trinajstić information content (AvgIpc) is 3.30. The molecule has 0 bridgehead atoms. The number of fused-ring (bicyclic) bond motifs is 1. The van der Waals surface area contributed by atoms with E-state index in [9.17, 15) is 9.59 Å². The lowest BCUT2D eigenvalue weighted by atomic mass is 9.69. The minimum Gasteiger partial charge on any atom is -0.465 e. The molecule has 2 aliphatic heterocycles. The number of hydrogen-bond acceptors (Lipinski definition) is 6. The van der Waals surface area contributed by atoms with E-state index in [0.717, 1.165) is 23.2 Å². The lowest BCUT2D eigenvalue weighted by Gasteiger charge is -2.36. The van der Waals surface area contributed by atoms with Crippen molar-refractivity contribution in [2.45, 2.75) is 44.9 Å². The smallest absolute Gasteiger partial charge is 0.315 e. The third kappa shape index (κ3) is 3.94. The largest absolute Gasteiger partial charge is 0.465 e. The van der Waals surface area contributed by atoms with Gasteiger partial charge in [0.1, 0.15) is 5.92 Å². The molecule has 0 fully saturated rings. The highest BCUT2D eigenvalue weighted by atomic mass is 16.7. The van der Waals surface area contributed by atoms with Crippen LogP contribution in [0.3, 0.4) is 0 Å². The molecule has 0 amide bonds. The summed E-state index contributed by atoms with van der Waals surface area (Å²) in [5.41, 5.74) is 4.06. The highest BCUT2D eigenvalue weighted by Crippen LogP contribution is 2.48. The maximum atomic E-state index is 13.6. The summed E-state index contributed by atoms with van der Waals surface area (Å²) in [6.45, 7) is 4.32. The molecule has 0 saturated carbocycles. The molecule has 0 spiro atoms. The van der Waals surface area contributed by atoms with Gasteiger partial charge in [0.05, 0.1) is 6.61 Å². The van der Waals surface area contributed by atoms with Gasteiger partial charge >= 0.3 is 5.97 Å². The van der Waals surface area contributed by atoms with Crippen LogP contribution in [0.2, 0.25) is 0 Å². The van der Waals surface area contributed by atoms with Gasteiger partial charge in [-0.05, 0) is 48.9 Å². The van der Waals surface area contributed by atoms with Gasteiger partial charge in [0.2, 0.25) is 6.79 Å². The lowest BCUT2D eigenvalue weighted by Crippen LogP contribution is -2.38. The third-order valence-electron chi connectivity index (χ3n) is 6.62. The van der Waals surface area contributed by atoms with Gasteiger partial charge in [0.15, 0.2) is 17.3 Å². The summed E-state index contributed by atoms with van der Waals surface area (Å²) in [6.07, 6.45) is 1.80. The van der Waals surface area contributed by atoms with Crippen LogP contribution in [0, 0.1) is 5.92 Å². The van der Waals surface area contributed by atoms with E-state index in [2.05, 4.69) is 12.1 Å². The molecule has 0 aromatic heterocycles. The highest BCUT2D eigenvalue weighted by Gasteiger charge is 2.45. The number of Topliss-reactive ketones (excluding diaryl/α,β-unsaturated/α-hetero) is 1. The number of allylic oxidation sites excluding steroid dienone is 2. The summed E-state index contributed by atoms with van der Waals surface area (Å²) >= 11 is 0. The average molecular weight is 446 g/mol. The predicted molar refractivity (Wildman–Crippen MR) is 124 cm³/mol.